The summed E-state index contributed by atoms with van der Waals surface area (Å²) in [5.41, 5.74) is -1.79. The molecule has 1 atom stereocenters. The predicted molar refractivity (Wildman–Crippen MR) is 111 cm³/mol. The molecule has 1 saturated heterocycles. The molecule has 0 aromatic carbocycles. The van der Waals surface area contributed by atoms with Gasteiger partial charge in [-0.3, -0.25) is 9.59 Å². The minimum absolute atomic E-state index is 0.0430. The molecule has 0 bridgehead atoms. The lowest BCUT2D eigenvalue weighted by molar-refractivity contribution is -0.139. The Morgan fingerprint density at radius 1 is 1.27 bits per heavy atom. The quantitative estimate of drug-likeness (QED) is 0.691. The fraction of sp³-hybridized carbons (Fsp3) is 0.476. The number of pyridine rings is 1. The van der Waals surface area contributed by atoms with Crippen LogP contribution in [-0.2, 0) is 17.4 Å². The molecule has 4 rings (SSSR count). The van der Waals surface area contributed by atoms with Crippen LogP contribution >= 0.6 is 0 Å². The number of aromatic nitrogens is 3. The van der Waals surface area contributed by atoms with Crippen molar-refractivity contribution in [1.82, 2.24) is 25.4 Å². The predicted octanol–water partition coefficient (Wildman–Crippen LogP) is 1.37. The molecule has 0 saturated carbocycles. The van der Waals surface area contributed by atoms with Crippen LogP contribution in [0, 0.1) is 11.3 Å². The number of alkyl halides is 3. The van der Waals surface area contributed by atoms with Gasteiger partial charge >= 0.3 is 6.18 Å². The molecule has 0 unspecified atom stereocenters. The highest BCUT2D eigenvalue weighted by Crippen LogP contribution is 2.37. The Kier molecular flexibility index (Phi) is 6.33. The topological polar surface area (TPSA) is 118 Å². The second-order valence-corrected chi connectivity index (χ2v) is 7.97. The molecule has 2 aliphatic rings. The van der Waals surface area contributed by atoms with Gasteiger partial charge in [-0.05, 0) is 30.5 Å². The number of nitrogens with one attached hydrogen (secondary N) is 2. The van der Waals surface area contributed by atoms with E-state index in [2.05, 4.69) is 15.4 Å². The molecule has 1 amide bonds. The molecule has 33 heavy (non-hydrogen) atoms. The third-order valence-corrected chi connectivity index (χ3v) is 5.98. The van der Waals surface area contributed by atoms with Crippen molar-refractivity contribution in [3.8, 4) is 6.07 Å². The van der Waals surface area contributed by atoms with Crippen LogP contribution in [0.1, 0.15) is 41.3 Å². The molecular formula is C21H22F3N7O2. The van der Waals surface area contributed by atoms with E-state index in [0.29, 0.717) is 44.7 Å². The largest absolute Gasteiger partial charge is 0.422 e. The monoisotopic (exact) mass is 461 g/mol. The Labute approximate surface area is 187 Å². The smallest absolute Gasteiger partial charge is 0.353 e. The summed E-state index contributed by atoms with van der Waals surface area (Å²) in [5.74, 6) is 0.713. The minimum atomic E-state index is -4.74. The number of hydrogen-bond donors (Lipinski definition) is 2. The molecule has 1 fully saturated rings. The molecule has 2 aromatic rings. The van der Waals surface area contributed by atoms with E-state index in [0.717, 1.165) is 5.82 Å². The zero-order valence-corrected chi connectivity index (χ0v) is 17.7. The Bertz CT molecular complexity index is 1120. The first-order valence-corrected chi connectivity index (χ1v) is 10.6. The lowest BCUT2D eigenvalue weighted by atomic mass is 10.1. The van der Waals surface area contributed by atoms with E-state index >= 15 is 0 Å². The number of nitriles is 1. The molecule has 1 aliphatic carbocycles. The van der Waals surface area contributed by atoms with Gasteiger partial charge in [-0.25, -0.2) is 10.1 Å². The second-order valence-electron chi connectivity index (χ2n) is 7.97. The number of nitrogens with zero attached hydrogens (tertiary/aromatic N) is 5. The number of halogens is 3. The van der Waals surface area contributed by atoms with Gasteiger partial charge in [-0.2, -0.15) is 23.5 Å². The fourth-order valence-corrected chi connectivity index (χ4v) is 4.30. The van der Waals surface area contributed by atoms with Crippen LogP contribution in [0.4, 0.5) is 19.0 Å². The van der Waals surface area contributed by atoms with Crippen LogP contribution in [0.2, 0.25) is 0 Å². The Morgan fingerprint density at radius 2 is 2.03 bits per heavy atom. The number of rotatable bonds is 5. The summed E-state index contributed by atoms with van der Waals surface area (Å²) in [6, 6.07) is 5.07. The van der Waals surface area contributed by atoms with Crippen molar-refractivity contribution in [3.63, 3.8) is 0 Å². The fourth-order valence-electron chi connectivity index (χ4n) is 4.30. The SMILES string of the molecule is N#Cc1ccc(N2CCN(C(=O)CCN[C@H]3CCc4c3n[nH]c(=O)c4C(F)(F)F)CC2)nc1. The van der Waals surface area contributed by atoms with Crippen molar-refractivity contribution in [2.75, 3.05) is 37.6 Å². The summed E-state index contributed by atoms with van der Waals surface area (Å²) in [5, 5.41) is 17.7. The van der Waals surface area contributed by atoms with Gasteiger partial charge in [0.15, 0.2) is 0 Å². The van der Waals surface area contributed by atoms with Gasteiger partial charge < -0.3 is 15.1 Å². The molecule has 174 valence electrons. The van der Waals surface area contributed by atoms with E-state index in [1.165, 1.54) is 6.20 Å². The van der Waals surface area contributed by atoms with E-state index in [4.69, 9.17) is 5.26 Å². The molecule has 9 nitrogen and oxygen atoms in total. The van der Waals surface area contributed by atoms with Crippen molar-refractivity contribution in [2.24, 2.45) is 0 Å². The molecule has 12 heteroatoms. The standard InChI is InChI=1S/C21H22F3N7O2/c22-21(23,24)18-14-2-3-15(19(14)28-29-20(18)33)26-6-5-17(32)31-9-7-30(8-10-31)16-4-1-13(11-25)12-27-16/h1,4,12,15,26H,2-3,5-10H2,(H,29,33)/t15-/m0/s1. The lowest BCUT2D eigenvalue weighted by Gasteiger charge is -2.35. The van der Waals surface area contributed by atoms with Crippen LogP contribution in [0.25, 0.3) is 0 Å². The molecule has 0 radical (unpaired) electrons. The van der Waals surface area contributed by atoms with Gasteiger partial charge in [0.25, 0.3) is 5.56 Å². The summed E-state index contributed by atoms with van der Waals surface area (Å²) in [4.78, 5) is 32.3. The minimum Gasteiger partial charge on any atom is -0.353 e. The first kappa shape index (κ1) is 22.7. The van der Waals surface area contributed by atoms with Gasteiger partial charge in [-0.15, -0.1) is 0 Å². The number of fused-ring (bicyclic) bond motifs is 1. The van der Waals surface area contributed by atoms with E-state index < -0.39 is 23.3 Å². The van der Waals surface area contributed by atoms with Gasteiger partial charge in [0, 0.05) is 45.3 Å². The average Bonchev–Trinajstić information content (AvgIpc) is 3.20. The van der Waals surface area contributed by atoms with Crippen LogP contribution in [0.5, 0.6) is 0 Å². The Morgan fingerprint density at radius 3 is 2.67 bits per heavy atom. The van der Waals surface area contributed by atoms with Crippen LogP contribution in [0.3, 0.4) is 0 Å². The number of carbonyl (C=O) groups is 1. The maximum atomic E-state index is 13.2. The highest BCUT2D eigenvalue weighted by Gasteiger charge is 2.41. The molecule has 0 spiro atoms. The number of aromatic amines is 1. The number of H-pyrrole nitrogens is 1. The summed E-state index contributed by atoms with van der Waals surface area (Å²) < 4.78 is 39.7. The highest BCUT2D eigenvalue weighted by molar-refractivity contribution is 5.76. The first-order chi connectivity index (χ1) is 15.8. The highest BCUT2D eigenvalue weighted by atomic mass is 19.4. The van der Waals surface area contributed by atoms with Gasteiger partial charge in [0.1, 0.15) is 17.5 Å². The van der Waals surface area contributed by atoms with Crippen molar-refractivity contribution in [2.45, 2.75) is 31.5 Å². The maximum Gasteiger partial charge on any atom is 0.422 e. The number of hydrogen-bond acceptors (Lipinski definition) is 7. The summed E-state index contributed by atoms with van der Waals surface area (Å²) >= 11 is 0. The van der Waals surface area contributed by atoms with Crippen LogP contribution in [-0.4, -0.2) is 58.7 Å². The van der Waals surface area contributed by atoms with Crippen molar-refractivity contribution in [1.29, 1.82) is 5.26 Å². The normalized spacial score (nSPS) is 18.2. The van der Waals surface area contributed by atoms with Crippen LogP contribution < -0.4 is 15.8 Å². The van der Waals surface area contributed by atoms with E-state index in [1.54, 1.807) is 17.0 Å². The maximum absolute atomic E-state index is 13.2. The molecule has 3 heterocycles. The van der Waals surface area contributed by atoms with Crippen molar-refractivity contribution in [3.05, 3.63) is 51.1 Å². The van der Waals surface area contributed by atoms with E-state index in [-0.39, 0.29) is 30.0 Å². The molecule has 1 aliphatic heterocycles. The van der Waals surface area contributed by atoms with E-state index in [1.807, 2.05) is 16.1 Å². The summed E-state index contributed by atoms with van der Waals surface area (Å²) in [6.45, 7) is 2.59. The Hall–Kier alpha value is -3.46. The first-order valence-electron chi connectivity index (χ1n) is 10.6. The number of piperazine rings is 1. The van der Waals surface area contributed by atoms with Gasteiger partial charge in [0.2, 0.25) is 5.91 Å². The molecule has 2 N–H and O–H groups in total. The zero-order chi connectivity index (χ0) is 23.6. The Balaban J connectivity index is 1.27. The van der Waals surface area contributed by atoms with E-state index in [9.17, 15) is 22.8 Å². The third-order valence-electron chi connectivity index (χ3n) is 5.98. The number of carbonyl (C=O) groups excluding carboxylic acids is 1. The zero-order valence-electron chi connectivity index (χ0n) is 17.7. The van der Waals surface area contributed by atoms with Crippen LogP contribution in [0.15, 0.2) is 23.1 Å². The lowest BCUT2D eigenvalue weighted by Crippen LogP contribution is -2.49. The van der Waals surface area contributed by atoms with Gasteiger partial charge in [0.05, 0.1) is 17.3 Å². The third kappa shape index (κ3) is 4.83. The summed E-state index contributed by atoms with van der Waals surface area (Å²) in [7, 11) is 0. The summed E-state index contributed by atoms with van der Waals surface area (Å²) in [6.07, 6.45) is -2.52. The van der Waals surface area contributed by atoms with Crippen molar-refractivity contribution >= 4 is 11.7 Å². The number of amides is 1. The van der Waals surface area contributed by atoms with Crippen molar-refractivity contribution < 1.29 is 18.0 Å². The average molecular weight is 461 g/mol. The van der Waals surface area contributed by atoms with Gasteiger partial charge in [-0.1, -0.05) is 0 Å². The second kappa shape index (κ2) is 9.19. The number of anilines is 1. The molecule has 2 aromatic heterocycles. The molecular weight excluding hydrogens is 439 g/mol.